The van der Waals surface area contributed by atoms with Gasteiger partial charge in [-0.2, -0.15) is 0 Å². The standard InChI is InChI=1S/C18H23N5O3/c1-11-4-5-12(8-16(11)25-3)23-17(19)13(18(20)24)9-22-15-10-26-7-6-14(15)21-2/h4-5,8-9,14-15,22H,6-7,10H2,1,3H3,(H2,19,23)(H2,20,24)/b13-9+/t14-,15?/m0/s1. The molecule has 0 bridgehead atoms. The van der Waals surface area contributed by atoms with Crippen LogP contribution in [0, 0.1) is 13.5 Å². The van der Waals surface area contributed by atoms with E-state index in [1.54, 1.807) is 19.2 Å². The molecule has 1 aliphatic heterocycles. The van der Waals surface area contributed by atoms with Gasteiger partial charge in [-0.1, -0.05) is 6.07 Å². The minimum atomic E-state index is -0.714. The number of ether oxygens (including phenoxy) is 2. The predicted molar refractivity (Wildman–Crippen MR) is 99.0 cm³/mol. The lowest BCUT2D eigenvalue weighted by molar-refractivity contribution is -0.114. The van der Waals surface area contributed by atoms with Crippen LogP contribution in [0.4, 0.5) is 5.69 Å². The molecule has 1 unspecified atom stereocenters. The molecule has 1 heterocycles. The second-order valence-electron chi connectivity index (χ2n) is 5.91. The van der Waals surface area contributed by atoms with Gasteiger partial charge < -0.3 is 31.1 Å². The van der Waals surface area contributed by atoms with Gasteiger partial charge in [0.05, 0.1) is 31.6 Å². The highest BCUT2D eigenvalue weighted by molar-refractivity contribution is 6.20. The van der Waals surface area contributed by atoms with E-state index in [0.717, 1.165) is 5.56 Å². The van der Waals surface area contributed by atoms with Gasteiger partial charge in [-0.25, -0.2) is 11.6 Å². The maximum Gasteiger partial charge on any atom is 0.253 e. The van der Waals surface area contributed by atoms with Crippen molar-refractivity contribution in [2.45, 2.75) is 25.4 Å². The van der Waals surface area contributed by atoms with Crippen LogP contribution in [-0.2, 0) is 9.53 Å². The Labute approximate surface area is 152 Å². The fourth-order valence-corrected chi connectivity index (χ4v) is 2.58. The third-order valence-corrected chi connectivity index (χ3v) is 4.11. The van der Waals surface area contributed by atoms with Crippen LogP contribution in [0.25, 0.3) is 4.85 Å². The Bertz CT molecular complexity index is 767. The molecule has 8 nitrogen and oxygen atoms in total. The summed E-state index contributed by atoms with van der Waals surface area (Å²) in [5.41, 5.74) is 12.9. The van der Waals surface area contributed by atoms with Gasteiger partial charge in [0.2, 0.25) is 6.04 Å². The summed E-state index contributed by atoms with van der Waals surface area (Å²) in [5, 5.41) is 3.02. The van der Waals surface area contributed by atoms with E-state index in [4.69, 9.17) is 27.5 Å². The summed E-state index contributed by atoms with van der Waals surface area (Å²) in [6.07, 6.45) is 2.04. The minimum absolute atomic E-state index is 0.0213. The third kappa shape index (κ3) is 4.74. The molecule has 0 aliphatic carbocycles. The van der Waals surface area contributed by atoms with Crippen LogP contribution in [0.1, 0.15) is 12.0 Å². The Kier molecular flexibility index (Phi) is 6.58. The molecular weight excluding hydrogens is 334 g/mol. The zero-order valence-corrected chi connectivity index (χ0v) is 14.9. The zero-order chi connectivity index (χ0) is 19.1. The molecule has 2 rings (SSSR count). The van der Waals surface area contributed by atoms with Crippen LogP contribution in [0.15, 0.2) is 35.0 Å². The highest BCUT2D eigenvalue weighted by Crippen LogP contribution is 2.24. The Morgan fingerprint density at radius 2 is 2.27 bits per heavy atom. The minimum Gasteiger partial charge on any atom is -0.496 e. The maximum atomic E-state index is 11.8. The van der Waals surface area contributed by atoms with Gasteiger partial charge in [-0.15, -0.1) is 0 Å². The van der Waals surface area contributed by atoms with E-state index in [9.17, 15) is 4.79 Å². The fourth-order valence-electron chi connectivity index (χ4n) is 2.58. The van der Waals surface area contributed by atoms with Gasteiger partial charge in [0.1, 0.15) is 17.6 Å². The van der Waals surface area contributed by atoms with Crippen molar-refractivity contribution in [2.75, 3.05) is 20.3 Å². The number of methoxy groups -OCH3 is 1. The highest BCUT2D eigenvalue weighted by atomic mass is 16.5. The summed E-state index contributed by atoms with van der Waals surface area (Å²) in [5.74, 6) is -0.0676. The number of aryl methyl sites for hydroxylation is 1. The molecule has 1 aliphatic rings. The van der Waals surface area contributed by atoms with Crippen molar-refractivity contribution >= 4 is 17.4 Å². The number of primary amides is 1. The first-order chi connectivity index (χ1) is 12.5. The van der Waals surface area contributed by atoms with Crippen LogP contribution in [0.5, 0.6) is 5.75 Å². The smallest absolute Gasteiger partial charge is 0.253 e. The first kappa shape index (κ1) is 19.3. The lowest BCUT2D eigenvalue weighted by Crippen LogP contribution is -2.44. The molecule has 2 atom stereocenters. The number of rotatable bonds is 6. The number of aliphatic imine (C=N–C) groups is 1. The highest BCUT2D eigenvalue weighted by Gasteiger charge is 2.29. The monoisotopic (exact) mass is 357 g/mol. The molecule has 26 heavy (non-hydrogen) atoms. The SMILES string of the molecule is [C-]#[N+][C@H]1CCOCC1N/C=C(/C(N)=O)C(N)=Nc1ccc(C)c(OC)c1. The molecule has 1 fully saturated rings. The zero-order valence-electron chi connectivity index (χ0n) is 14.9. The van der Waals surface area contributed by atoms with E-state index in [-0.39, 0.29) is 23.5 Å². The summed E-state index contributed by atoms with van der Waals surface area (Å²) >= 11 is 0. The summed E-state index contributed by atoms with van der Waals surface area (Å²) < 4.78 is 10.6. The predicted octanol–water partition coefficient (Wildman–Crippen LogP) is 1.03. The van der Waals surface area contributed by atoms with E-state index >= 15 is 0 Å². The van der Waals surface area contributed by atoms with E-state index < -0.39 is 5.91 Å². The van der Waals surface area contributed by atoms with Crippen LogP contribution < -0.4 is 21.5 Å². The van der Waals surface area contributed by atoms with E-state index in [1.807, 2.05) is 13.0 Å². The summed E-state index contributed by atoms with van der Waals surface area (Å²) in [7, 11) is 1.57. The number of hydrogen-bond donors (Lipinski definition) is 3. The summed E-state index contributed by atoms with van der Waals surface area (Å²) in [6.45, 7) is 10.1. The molecule has 138 valence electrons. The number of amidine groups is 1. The van der Waals surface area contributed by atoms with Crippen molar-refractivity contribution in [3.05, 3.63) is 47.0 Å². The summed E-state index contributed by atoms with van der Waals surface area (Å²) in [6, 6.07) is 4.87. The van der Waals surface area contributed by atoms with Crippen molar-refractivity contribution in [1.82, 2.24) is 5.32 Å². The van der Waals surface area contributed by atoms with Gasteiger partial charge in [0.25, 0.3) is 5.91 Å². The van der Waals surface area contributed by atoms with Gasteiger partial charge >= 0.3 is 0 Å². The number of hydrogen-bond acceptors (Lipinski definition) is 5. The van der Waals surface area contributed by atoms with Crippen molar-refractivity contribution in [3.8, 4) is 5.75 Å². The van der Waals surface area contributed by atoms with Gasteiger partial charge in [-0.3, -0.25) is 4.79 Å². The number of nitrogens with zero attached hydrogens (tertiary/aromatic N) is 2. The number of nitrogens with one attached hydrogen (secondary N) is 1. The average Bonchev–Trinajstić information content (AvgIpc) is 2.63. The Morgan fingerprint density at radius 1 is 1.50 bits per heavy atom. The van der Waals surface area contributed by atoms with E-state index in [1.165, 1.54) is 6.20 Å². The molecule has 1 amide bonds. The maximum absolute atomic E-state index is 11.8. The Morgan fingerprint density at radius 3 is 2.92 bits per heavy atom. The van der Waals surface area contributed by atoms with Crippen LogP contribution in [0.3, 0.4) is 0 Å². The molecule has 0 radical (unpaired) electrons. The number of benzene rings is 1. The number of nitrogens with two attached hydrogens (primary N) is 2. The fraction of sp³-hybridized carbons (Fsp3) is 0.389. The summed E-state index contributed by atoms with van der Waals surface area (Å²) in [4.78, 5) is 19.6. The second-order valence-corrected chi connectivity index (χ2v) is 5.91. The van der Waals surface area contributed by atoms with Crippen molar-refractivity contribution in [1.29, 1.82) is 0 Å². The molecule has 1 aromatic rings. The Hall–Kier alpha value is -3.05. The lowest BCUT2D eigenvalue weighted by Gasteiger charge is -2.24. The number of carbonyl (C=O) groups excluding carboxylic acids is 1. The van der Waals surface area contributed by atoms with E-state index in [0.29, 0.717) is 31.1 Å². The van der Waals surface area contributed by atoms with Crippen LogP contribution >= 0.6 is 0 Å². The molecule has 1 saturated heterocycles. The molecule has 5 N–H and O–H groups in total. The van der Waals surface area contributed by atoms with Crippen molar-refractivity contribution < 1.29 is 14.3 Å². The van der Waals surface area contributed by atoms with Gasteiger partial charge in [-0.05, 0) is 18.6 Å². The normalized spacial score (nSPS) is 21.0. The van der Waals surface area contributed by atoms with Gasteiger partial charge in [0.15, 0.2) is 0 Å². The molecule has 0 spiro atoms. The first-order valence-electron chi connectivity index (χ1n) is 8.15. The van der Waals surface area contributed by atoms with Gasteiger partial charge in [0, 0.05) is 18.7 Å². The molecule has 1 aromatic carbocycles. The number of amides is 1. The van der Waals surface area contributed by atoms with E-state index in [2.05, 4.69) is 15.2 Å². The first-order valence-corrected chi connectivity index (χ1v) is 8.15. The molecule has 0 saturated carbocycles. The molecular formula is C18H23N5O3. The third-order valence-electron chi connectivity index (χ3n) is 4.11. The molecule has 0 aromatic heterocycles. The van der Waals surface area contributed by atoms with Crippen LogP contribution in [0.2, 0.25) is 0 Å². The second kappa shape index (κ2) is 8.87. The lowest BCUT2D eigenvalue weighted by atomic mass is 10.0. The largest absolute Gasteiger partial charge is 0.496 e. The number of carbonyl (C=O) groups is 1. The Balaban J connectivity index is 2.22. The van der Waals surface area contributed by atoms with Crippen LogP contribution in [-0.4, -0.2) is 44.2 Å². The van der Waals surface area contributed by atoms with Crippen molar-refractivity contribution in [2.24, 2.45) is 16.5 Å². The average molecular weight is 357 g/mol. The molecule has 8 heteroatoms. The van der Waals surface area contributed by atoms with Crippen molar-refractivity contribution in [3.63, 3.8) is 0 Å². The topological polar surface area (TPSA) is 116 Å². The quantitative estimate of drug-likeness (QED) is 0.304.